The van der Waals surface area contributed by atoms with E-state index >= 15 is 0 Å². The highest BCUT2D eigenvalue weighted by Gasteiger charge is 2.55. The number of ether oxygens (including phenoxy) is 2. The Kier molecular flexibility index (Phi) is 4.82. The first-order valence-electron chi connectivity index (χ1n) is 8.40. The molecular weight excluding hydrogens is 344 g/mol. The molecule has 2 aliphatic rings. The highest BCUT2D eigenvalue weighted by atomic mass is 16.6. The summed E-state index contributed by atoms with van der Waals surface area (Å²) in [6.45, 7) is 2.95. The maximum Gasteiger partial charge on any atom is 0.311 e. The second-order valence-corrected chi connectivity index (χ2v) is 6.54. The average Bonchev–Trinajstić information content (AvgIpc) is 3.02. The van der Waals surface area contributed by atoms with Crippen molar-refractivity contribution < 1.29 is 29.1 Å². The zero-order valence-corrected chi connectivity index (χ0v) is 14.3. The van der Waals surface area contributed by atoms with E-state index < -0.39 is 22.2 Å². The number of aliphatic carboxylic acids is 1. The third-order valence-electron chi connectivity index (χ3n) is 5.12. The van der Waals surface area contributed by atoms with Crippen LogP contribution in [-0.4, -0.2) is 59.7 Å². The van der Waals surface area contributed by atoms with Gasteiger partial charge in [0.1, 0.15) is 0 Å². The van der Waals surface area contributed by atoms with E-state index in [0.29, 0.717) is 19.6 Å². The first-order valence-corrected chi connectivity index (χ1v) is 8.40. The predicted octanol–water partition coefficient (Wildman–Crippen LogP) is 1.56. The van der Waals surface area contributed by atoms with Gasteiger partial charge in [-0.3, -0.25) is 19.7 Å². The molecule has 2 saturated heterocycles. The van der Waals surface area contributed by atoms with Crippen molar-refractivity contribution in [2.24, 2.45) is 11.3 Å². The molecule has 1 aromatic carbocycles. The molecule has 0 bridgehead atoms. The van der Waals surface area contributed by atoms with Gasteiger partial charge in [-0.15, -0.1) is 0 Å². The minimum absolute atomic E-state index is 0.0796. The minimum atomic E-state index is -1.01. The van der Waals surface area contributed by atoms with Gasteiger partial charge < -0.3 is 19.5 Å². The number of rotatable bonds is 5. The number of amides is 1. The summed E-state index contributed by atoms with van der Waals surface area (Å²) in [6, 6.07) is 4.04. The fourth-order valence-electron chi connectivity index (χ4n) is 3.71. The summed E-state index contributed by atoms with van der Waals surface area (Å²) >= 11 is 0. The van der Waals surface area contributed by atoms with Gasteiger partial charge in [0, 0.05) is 37.2 Å². The Morgan fingerprint density at radius 2 is 2.27 bits per heavy atom. The molecule has 2 aliphatic heterocycles. The van der Waals surface area contributed by atoms with Crippen molar-refractivity contribution in [3.63, 3.8) is 0 Å². The number of nitrogens with zero attached hydrogens (tertiary/aromatic N) is 2. The largest absolute Gasteiger partial charge is 0.487 e. The molecule has 2 fully saturated rings. The van der Waals surface area contributed by atoms with Gasteiger partial charge >= 0.3 is 11.7 Å². The lowest BCUT2D eigenvalue weighted by Gasteiger charge is -2.33. The SMILES string of the molecule is CCOc1ccc(C(=O)N2C[C@H]3COCC[C@@]3(C(=O)O)C2)cc1[N+](=O)[O-]. The summed E-state index contributed by atoms with van der Waals surface area (Å²) in [5.74, 6) is -1.54. The predicted molar refractivity (Wildman–Crippen MR) is 89.2 cm³/mol. The molecule has 26 heavy (non-hydrogen) atoms. The van der Waals surface area contributed by atoms with Crippen LogP contribution in [0.4, 0.5) is 5.69 Å². The standard InChI is InChI=1S/C17H20N2O7/c1-2-26-14-4-3-11(7-13(14)19(23)24)15(20)18-8-12-9-25-6-5-17(12,10-18)16(21)22/h3-4,7,12H,2,5-6,8-10H2,1H3,(H,21,22)/t12-,17+/m0/s1. The monoisotopic (exact) mass is 364 g/mol. The topological polar surface area (TPSA) is 119 Å². The van der Waals surface area contributed by atoms with Crippen LogP contribution in [0.15, 0.2) is 18.2 Å². The third-order valence-corrected chi connectivity index (χ3v) is 5.12. The molecule has 0 aromatic heterocycles. The fraction of sp³-hybridized carbons (Fsp3) is 0.529. The van der Waals surface area contributed by atoms with Gasteiger partial charge in [-0.1, -0.05) is 0 Å². The zero-order chi connectivity index (χ0) is 18.9. The Morgan fingerprint density at radius 1 is 1.50 bits per heavy atom. The molecule has 140 valence electrons. The van der Waals surface area contributed by atoms with Gasteiger partial charge in [-0.05, 0) is 25.5 Å². The molecule has 1 N–H and O–H groups in total. The summed E-state index contributed by atoms with van der Waals surface area (Å²) in [4.78, 5) is 36.7. The van der Waals surface area contributed by atoms with Crippen molar-refractivity contribution in [2.45, 2.75) is 13.3 Å². The number of carboxylic acid groups (broad SMARTS) is 1. The normalized spacial score (nSPS) is 24.8. The van der Waals surface area contributed by atoms with Gasteiger partial charge in [-0.2, -0.15) is 0 Å². The van der Waals surface area contributed by atoms with Crippen LogP contribution >= 0.6 is 0 Å². The lowest BCUT2D eigenvalue weighted by molar-refractivity contribution is -0.385. The third kappa shape index (κ3) is 2.98. The van der Waals surface area contributed by atoms with Gasteiger partial charge in [0.25, 0.3) is 5.91 Å². The highest BCUT2D eigenvalue weighted by molar-refractivity contribution is 5.96. The molecule has 3 rings (SSSR count). The van der Waals surface area contributed by atoms with Crippen LogP contribution in [0.3, 0.4) is 0 Å². The van der Waals surface area contributed by atoms with E-state index in [1.165, 1.54) is 23.1 Å². The Hall–Kier alpha value is -2.68. The summed E-state index contributed by atoms with van der Waals surface area (Å²) in [6.07, 6.45) is 0.347. The Morgan fingerprint density at radius 3 is 2.88 bits per heavy atom. The molecule has 1 aromatic rings. The van der Waals surface area contributed by atoms with Crippen LogP contribution < -0.4 is 4.74 Å². The smallest absolute Gasteiger partial charge is 0.311 e. The van der Waals surface area contributed by atoms with Gasteiger partial charge in [0.05, 0.1) is 23.6 Å². The fourth-order valence-corrected chi connectivity index (χ4v) is 3.71. The van der Waals surface area contributed by atoms with E-state index in [-0.39, 0.29) is 42.6 Å². The first kappa shape index (κ1) is 18.1. The lowest BCUT2D eigenvalue weighted by atomic mass is 9.74. The summed E-state index contributed by atoms with van der Waals surface area (Å²) in [5.41, 5.74) is -1.16. The van der Waals surface area contributed by atoms with Crippen LogP contribution in [0.5, 0.6) is 5.75 Å². The molecule has 1 amide bonds. The van der Waals surface area contributed by atoms with Gasteiger partial charge in [-0.25, -0.2) is 0 Å². The molecule has 2 atom stereocenters. The maximum atomic E-state index is 12.8. The molecule has 0 unspecified atom stereocenters. The van der Waals surface area contributed by atoms with Crippen molar-refractivity contribution in [3.05, 3.63) is 33.9 Å². The van der Waals surface area contributed by atoms with Crippen LogP contribution in [0, 0.1) is 21.4 Å². The molecule has 9 heteroatoms. The molecule has 0 saturated carbocycles. The zero-order valence-electron chi connectivity index (χ0n) is 14.3. The second-order valence-electron chi connectivity index (χ2n) is 6.54. The van der Waals surface area contributed by atoms with E-state index in [0.717, 1.165) is 0 Å². The average molecular weight is 364 g/mol. The van der Waals surface area contributed by atoms with E-state index in [1.54, 1.807) is 6.92 Å². The Bertz CT molecular complexity index is 751. The number of benzene rings is 1. The molecule has 0 aliphatic carbocycles. The minimum Gasteiger partial charge on any atom is -0.487 e. The van der Waals surface area contributed by atoms with Crippen molar-refractivity contribution in [1.29, 1.82) is 0 Å². The number of hydrogen-bond donors (Lipinski definition) is 1. The molecule has 0 spiro atoms. The van der Waals surface area contributed by atoms with Gasteiger partial charge in [0.2, 0.25) is 0 Å². The van der Waals surface area contributed by atoms with Crippen LogP contribution in [0.2, 0.25) is 0 Å². The summed E-state index contributed by atoms with van der Waals surface area (Å²) in [5, 5.41) is 20.9. The number of likely N-dealkylation sites (tertiary alicyclic amines) is 1. The Balaban J connectivity index is 1.87. The van der Waals surface area contributed by atoms with Gasteiger partial charge in [0.15, 0.2) is 5.75 Å². The summed E-state index contributed by atoms with van der Waals surface area (Å²) < 4.78 is 10.6. The number of nitro groups is 1. The Labute approximate surface area is 149 Å². The number of hydrogen-bond acceptors (Lipinski definition) is 6. The number of carboxylic acids is 1. The number of nitro benzene ring substituents is 1. The number of carbonyl (C=O) groups is 2. The van der Waals surface area contributed by atoms with Crippen molar-refractivity contribution in [3.8, 4) is 5.75 Å². The van der Waals surface area contributed by atoms with E-state index in [4.69, 9.17) is 9.47 Å². The van der Waals surface area contributed by atoms with E-state index in [2.05, 4.69) is 0 Å². The van der Waals surface area contributed by atoms with Crippen molar-refractivity contribution in [2.75, 3.05) is 32.9 Å². The van der Waals surface area contributed by atoms with Crippen LogP contribution in [0.1, 0.15) is 23.7 Å². The molecule has 9 nitrogen and oxygen atoms in total. The van der Waals surface area contributed by atoms with Crippen molar-refractivity contribution >= 4 is 17.6 Å². The highest BCUT2D eigenvalue weighted by Crippen LogP contribution is 2.43. The maximum absolute atomic E-state index is 12.8. The molecule has 2 heterocycles. The first-order chi connectivity index (χ1) is 12.4. The second kappa shape index (κ2) is 6.91. The molecular formula is C17H20N2O7. The summed E-state index contributed by atoms with van der Waals surface area (Å²) in [7, 11) is 0. The lowest BCUT2D eigenvalue weighted by Crippen LogP contribution is -2.45. The van der Waals surface area contributed by atoms with Crippen LogP contribution in [-0.2, 0) is 9.53 Å². The number of carbonyl (C=O) groups excluding carboxylic acids is 1. The van der Waals surface area contributed by atoms with Crippen molar-refractivity contribution in [1.82, 2.24) is 4.90 Å². The van der Waals surface area contributed by atoms with E-state index in [1.807, 2.05) is 0 Å². The number of fused-ring (bicyclic) bond motifs is 1. The van der Waals surface area contributed by atoms with Crippen LogP contribution in [0.25, 0.3) is 0 Å². The molecule has 0 radical (unpaired) electrons. The van der Waals surface area contributed by atoms with E-state index in [9.17, 15) is 24.8 Å². The quantitative estimate of drug-likeness (QED) is 0.622.